The molecule has 3 N–H and O–H groups in total. The highest BCUT2D eigenvalue weighted by molar-refractivity contribution is 5.91. The predicted molar refractivity (Wildman–Crippen MR) is 72.6 cm³/mol. The lowest BCUT2D eigenvalue weighted by Gasteiger charge is -2.37. The minimum Gasteiger partial charge on any atom is -0.478 e. The van der Waals surface area contributed by atoms with E-state index in [2.05, 4.69) is 17.6 Å². The van der Waals surface area contributed by atoms with Crippen LogP contribution < -0.4 is 10.6 Å². The highest BCUT2D eigenvalue weighted by Gasteiger charge is 2.39. The van der Waals surface area contributed by atoms with Crippen molar-refractivity contribution in [3.05, 3.63) is 23.8 Å². The van der Waals surface area contributed by atoms with E-state index in [-0.39, 0.29) is 5.66 Å². The molecule has 3 rings (SSSR count). The maximum absolute atomic E-state index is 11.0. The molecule has 5 heteroatoms. The Morgan fingerprint density at radius 1 is 1.32 bits per heavy atom. The minimum atomic E-state index is -0.899. The molecule has 1 atom stereocenters. The number of carbonyl (C=O) groups is 1. The maximum atomic E-state index is 11.0. The molecule has 1 fully saturated rings. The number of aromatic carboxylic acids is 1. The van der Waals surface area contributed by atoms with Crippen LogP contribution in [0.25, 0.3) is 0 Å². The Morgan fingerprint density at radius 2 is 2.00 bits per heavy atom. The molecule has 0 spiro atoms. The van der Waals surface area contributed by atoms with Crippen molar-refractivity contribution < 1.29 is 14.6 Å². The molecule has 0 aromatic heterocycles. The largest absolute Gasteiger partial charge is 0.478 e. The molecule has 102 valence electrons. The van der Waals surface area contributed by atoms with Gasteiger partial charge < -0.3 is 20.5 Å². The first kappa shape index (κ1) is 12.3. The number of carboxylic acids is 1. The number of benzene rings is 1. The first-order valence-electron chi connectivity index (χ1n) is 6.60. The van der Waals surface area contributed by atoms with Gasteiger partial charge in [-0.3, -0.25) is 0 Å². The zero-order valence-electron chi connectivity index (χ0n) is 10.9. The Bertz CT molecular complexity index is 511. The van der Waals surface area contributed by atoms with Gasteiger partial charge in [0, 0.05) is 19.1 Å². The molecule has 0 amide bonds. The molecule has 0 aliphatic carbocycles. The van der Waals surface area contributed by atoms with Crippen molar-refractivity contribution in [3.8, 4) is 0 Å². The smallest absolute Gasteiger partial charge is 0.335 e. The van der Waals surface area contributed by atoms with E-state index < -0.39 is 5.97 Å². The summed E-state index contributed by atoms with van der Waals surface area (Å²) in [5.74, 6) is -0.425. The van der Waals surface area contributed by atoms with Crippen molar-refractivity contribution >= 4 is 17.3 Å². The molecule has 1 aromatic rings. The van der Waals surface area contributed by atoms with Gasteiger partial charge in [0.15, 0.2) is 0 Å². The van der Waals surface area contributed by atoms with Crippen LogP contribution in [0.15, 0.2) is 18.2 Å². The molecule has 1 unspecified atom stereocenters. The van der Waals surface area contributed by atoms with E-state index in [1.807, 2.05) is 6.07 Å². The number of hydrogen-bond donors (Lipinski definition) is 3. The summed E-state index contributed by atoms with van der Waals surface area (Å²) in [5.41, 5.74) is 1.93. The lowest BCUT2D eigenvalue weighted by atomic mass is 9.87. The summed E-state index contributed by atoms with van der Waals surface area (Å²) < 4.78 is 5.40. The summed E-state index contributed by atoms with van der Waals surface area (Å²) >= 11 is 0. The fourth-order valence-electron chi connectivity index (χ4n) is 2.96. The molecule has 0 radical (unpaired) electrons. The van der Waals surface area contributed by atoms with Crippen molar-refractivity contribution in [2.45, 2.75) is 25.4 Å². The SMILES string of the molecule is CC1(C2CCOCC2)Nc2ccc(C(=O)O)cc2N1. The maximum Gasteiger partial charge on any atom is 0.335 e. The van der Waals surface area contributed by atoms with Crippen LogP contribution >= 0.6 is 0 Å². The summed E-state index contributed by atoms with van der Waals surface area (Å²) in [6, 6.07) is 5.15. The van der Waals surface area contributed by atoms with Gasteiger partial charge in [-0.05, 0) is 38.0 Å². The van der Waals surface area contributed by atoms with Gasteiger partial charge in [-0.2, -0.15) is 0 Å². The zero-order chi connectivity index (χ0) is 13.5. The second-order valence-electron chi connectivity index (χ2n) is 5.40. The first-order valence-corrected chi connectivity index (χ1v) is 6.60. The van der Waals surface area contributed by atoms with Gasteiger partial charge in [-0.15, -0.1) is 0 Å². The first-order chi connectivity index (χ1) is 9.08. The molecule has 1 aromatic carbocycles. The van der Waals surface area contributed by atoms with Gasteiger partial charge in [0.05, 0.1) is 16.9 Å². The number of ether oxygens (including phenoxy) is 1. The summed E-state index contributed by atoms with van der Waals surface area (Å²) in [5, 5.41) is 16.0. The Hall–Kier alpha value is -1.75. The van der Waals surface area contributed by atoms with Crippen LogP contribution in [0.3, 0.4) is 0 Å². The van der Waals surface area contributed by atoms with Crippen molar-refractivity contribution in [2.24, 2.45) is 5.92 Å². The second kappa shape index (κ2) is 4.42. The van der Waals surface area contributed by atoms with Crippen LogP contribution in [0.5, 0.6) is 0 Å². The number of carboxylic acid groups (broad SMARTS) is 1. The van der Waals surface area contributed by atoms with Crippen molar-refractivity contribution in [3.63, 3.8) is 0 Å². The predicted octanol–water partition coefficient (Wildman–Crippen LogP) is 2.36. The van der Waals surface area contributed by atoms with Crippen molar-refractivity contribution in [1.29, 1.82) is 0 Å². The van der Waals surface area contributed by atoms with Gasteiger partial charge in [0.25, 0.3) is 0 Å². The molecule has 0 saturated carbocycles. The average Bonchev–Trinajstić information content (AvgIpc) is 2.76. The molecule has 1 saturated heterocycles. The zero-order valence-corrected chi connectivity index (χ0v) is 10.9. The van der Waals surface area contributed by atoms with Crippen LogP contribution in [-0.4, -0.2) is 30.0 Å². The van der Waals surface area contributed by atoms with Gasteiger partial charge in [0.1, 0.15) is 5.66 Å². The Kier molecular flexibility index (Phi) is 2.86. The summed E-state index contributed by atoms with van der Waals surface area (Å²) in [4.78, 5) is 11.0. The highest BCUT2D eigenvalue weighted by atomic mass is 16.5. The van der Waals surface area contributed by atoms with E-state index in [4.69, 9.17) is 9.84 Å². The van der Waals surface area contributed by atoms with E-state index in [0.29, 0.717) is 11.5 Å². The van der Waals surface area contributed by atoms with E-state index in [1.54, 1.807) is 12.1 Å². The molecule has 2 heterocycles. The molecule has 2 aliphatic heterocycles. The number of hydrogen-bond acceptors (Lipinski definition) is 4. The molecule has 19 heavy (non-hydrogen) atoms. The molecule has 2 aliphatic rings. The topological polar surface area (TPSA) is 70.6 Å². The standard InChI is InChI=1S/C14H18N2O3/c1-14(10-4-6-19-7-5-10)15-11-3-2-9(13(17)18)8-12(11)16-14/h2-3,8,10,15-16H,4-7H2,1H3,(H,17,18). The number of anilines is 2. The van der Waals surface area contributed by atoms with Crippen molar-refractivity contribution in [2.75, 3.05) is 23.8 Å². The monoisotopic (exact) mass is 262 g/mol. The second-order valence-corrected chi connectivity index (χ2v) is 5.40. The van der Waals surface area contributed by atoms with Gasteiger partial charge in [-0.1, -0.05) is 0 Å². The summed E-state index contributed by atoms with van der Waals surface area (Å²) in [6.45, 7) is 3.71. The number of nitrogens with one attached hydrogen (secondary N) is 2. The third-order valence-corrected chi connectivity index (χ3v) is 4.09. The number of fused-ring (bicyclic) bond motifs is 1. The molecular weight excluding hydrogens is 244 g/mol. The van der Waals surface area contributed by atoms with Crippen LogP contribution in [0.4, 0.5) is 11.4 Å². The van der Waals surface area contributed by atoms with Gasteiger partial charge in [0.2, 0.25) is 0 Å². The minimum absolute atomic E-state index is 0.219. The third kappa shape index (κ3) is 2.14. The molecule has 0 bridgehead atoms. The fraction of sp³-hybridized carbons (Fsp3) is 0.500. The van der Waals surface area contributed by atoms with E-state index in [9.17, 15) is 4.79 Å². The van der Waals surface area contributed by atoms with Crippen LogP contribution in [0, 0.1) is 5.92 Å². The lowest BCUT2D eigenvalue weighted by Crippen LogP contribution is -2.48. The lowest BCUT2D eigenvalue weighted by molar-refractivity contribution is 0.0512. The van der Waals surface area contributed by atoms with Crippen LogP contribution in [0.2, 0.25) is 0 Å². The van der Waals surface area contributed by atoms with E-state index in [1.165, 1.54) is 0 Å². The Balaban J connectivity index is 1.84. The summed E-state index contributed by atoms with van der Waals surface area (Å²) in [7, 11) is 0. The molecule has 5 nitrogen and oxygen atoms in total. The third-order valence-electron chi connectivity index (χ3n) is 4.09. The normalized spacial score (nSPS) is 26.4. The van der Waals surface area contributed by atoms with Gasteiger partial charge >= 0.3 is 5.97 Å². The quantitative estimate of drug-likeness (QED) is 0.763. The fourth-order valence-corrected chi connectivity index (χ4v) is 2.96. The summed E-state index contributed by atoms with van der Waals surface area (Å²) in [6.07, 6.45) is 2.02. The van der Waals surface area contributed by atoms with Crippen molar-refractivity contribution in [1.82, 2.24) is 0 Å². The number of rotatable bonds is 2. The van der Waals surface area contributed by atoms with Crippen LogP contribution in [-0.2, 0) is 4.74 Å². The molecular formula is C14H18N2O3. The average molecular weight is 262 g/mol. The van der Waals surface area contributed by atoms with Gasteiger partial charge in [-0.25, -0.2) is 4.79 Å². The van der Waals surface area contributed by atoms with E-state index >= 15 is 0 Å². The Labute approximate surface area is 112 Å². The van der Waals surface area contributed by atoms with E-state index in [0.717, 1.165) is 37.4 Å². The Morgan fingerprint density at radius 3 is 2.68 bits per heavy atom. The highest BCUT2D eigenvalue weighted by Crippen LogP contribution is 2.40. The van der Waals surface area contributed by atoms with Crippen LogP contribution in [0.1, 0.15) is 30.1 Å².